The van der Waals surface area contributed by atoms with Crippen LogP contribution in [0.5, 0.6) is 0 Å². The summed E-state index contributed by atoms with van der Waals surface area (Å²) in [5.74, 6) is 0. The van der Waals surface area contributed by atoms with Gasteiger partial charge in [0.15, 0.2) is 0 Å². The fraction of sp³-hybridized carbons (Fsp3) is 0.379. The van der Waals surface area contributed by atoms with Crippen molar-refractivity contribution in [3.8, 4) is 0 Å². The molecule has 0 amide bonds. The van der Waals surface area contributed by atoms with Crippen molar-refractivity contribution >= 4 is 50.0 Å². The third-order valence-corrected chi connectivity index (χ3v) is 13.1. The fourth-order valence-electron chi connectivity index (χ4n) is 5.86. The van der Waals surface area contributed by atoms with Crippen LogP contribution in [0.25, 0.3) is 21.8 Å². The largest absolute Gasteiger partial charge is 0.341 e. The lowest BCUT2D eigenvalue weighted by atomic mass is 10.1. The first kappa shape index (κ1) is 26.2. The summed E-state index contributed by atoms with van der Waals surface area (Å²) >= 11 is 0. The molecular weight excluding hydrogens is 499 g/mol. The molecule has 0 unspecified atom stereocenters. The van der Waals surface area contributed by atoms with Crippen molar-refractivity contribution in [2.75, 3.05) is 13.1 Å². The quantitative estimate of drug-likeness (QED) is 0.284. The van der Waals surface area contributed by atoms with Crippen LogP contribution in [0.2, 0.25) is 0 Å². The number of hydrogen-bond donors (Lipinski definition) is 1. The molecule has 1 fully saturated rings. The zero-order chi connectivity index (χ0) is 26.4. The highest BCUT2D eigenvalue weighted by molar-refractivity contribution is 7.89. The van der Waals surface area contributed by atoms with Crippen LogP contribution in [0.3, 0.4) is 0 Å². The SMILES string of the molecule is CCn1c2ccccc2c2cc([P@](=Nc3ccc(S(N)(=O)=O)cc3)(N3CCCCC3)C(C)(C)C)ccc21. The van der Waals surface area contributed by atoms with E-state index >= 15 is 0 Å². The number of sulfonamides is 1. The second-order valence-corrected chi connectivity index (χ2v) is 16.3. The van der Waals surface area contributed by atoms with Gasteiger partial charge in [-0.05, 0) is 68.3 Å². The Kier molecular flexibility index (Phi) is 6.86. The number of fused-ring (bicyclic) bond motifs is 3. The van der Waals surface area contributed by atoms with Gasteiger partial charge in [-0.3, -0.25) is 4.67 Å². The zero-order valence-corrected chi connectivity index (χ0v) is 23.9. The van der Waals surface area contributed by atoms with Gasteiger partial charge in [0.05, 0.1) is 17.8 Å². The van der Waals surface area contributed by atoms with Crippen molar-refractivity contribution in [1.29, 1.82) is 0 Å². The van der Waals surface area contributed by atoms with Crippen molar-refractivity contribution < 1.29 is 8.42 Å². The van der Waals surface area contributed by atoms with Gasteiger partial charge in [-0.15, -0.1) is 0 Å². The molecule has 1 aromatic heterocycles. The molecule has 0 bridgehead atoms. The Balaban J connectivity index is 1.82. The molecule has 196 valence electrons. The van der Waals surface area contributed by atoms with Crippen LogP contribution in [0, 0.1) is 0 Å². The van der Waals surface area contributed by atoms with E-state index in [0.717, 1.165) is 38.2 Å². The Hall–Kier alpha value is -2.44. The van der Waals surface area contributed by atoms with Crippen molar-refractivity contribution in [3.63, 3.8) is 0 Å². The number of hydrogen-bond acceptors (Lipinski definition) is 3. The lowest BCUT2D eigenvalue weighted by Gasteiger charge is -2.47. The van der Waals surface area contributed by atoms with E-state index in [1.807, 2.05) is 0 Å². The van der Waals surface area contributed by atoms with Gasteiger partial charge in [-0.1, -0.05) is 45.4 Å². The predicted molar refractivity (Wildman–Crippen MR) is 157 cm³/mol. The molecule has 0 spiro atoms. The molecule has 8 heteroatoms. The Morgan fingerprint density at radius 3 is 2.16 bits per heavy atom. The first-order chi connectivity index (χ1) is 17.6. The summed E-state index contributed by atoms with van der Waals surface area (Å²) in [6.45, 7) is 12.0. The first-order valence-corrected chi connectivity index (χ1v) is 16.3. The molecule has 2 N–H and O–H groups in total. The summed E-state index contributed by atoms with van der Waals surface area (Å²) in [6.07, 6.45) is 3.57. The fourth-order valence-corrected chi connectivity index (χ4v) is 10.8. The van der Waals surface area contributed by atoms with Crippen LogP contribution in [0.1, 0.15) is 47.0 Å². The number of aryl methyl sites for hydroxylation is 1. The predicted octanol–water partition coefficient (Wildman–Crippen LogP) is 6.82. The maximum atomic E-state index is 11.9. The molecule has 3 aromatic carbocycles. The zero-order valence-electron chi connectivity index (χ0n) is 22.2. The lowest BCUT2D eigenvalue weighted by molar-refractivity contribution is 0.361. The monoisotopic (exact) mass is 536 g/mol. The van der Waals surface area contributed by atoms with Gasteiger partial charge in [0, 0.05) is 51.9 Å². The number of nitrogens with zero attached hydrogens (tertiary/aromatic N) is 3. The van der Waals surface area contributed by atoms with Crippen LogP contribution < -0.4 is 10.4 Å². The topological polar surface area (TPSA) is 80.7 Å². The van der Waals surface area contributed by atoms with Crippen molar-refractivity contribution in [1.82, 2.24) is 9.24 Å². The first-order valence-electron chi connectivity index (χ1n) is 13.1. The van der Waals surface area contributed by atoms with Crippen LogP contribution in [0.4, 0.5) is 5.69 Å². The van der Waals surface area contributed by atoms with Crippen LogP contribution in [0.15, 0.2) is 76.4 Å². The van der Waals surface area contributed by atoms with E-state index in [0.29, 0.717) is 0 Å². The van der Waals surface area contributed by atoms with E-state index in [1.54, 1.807) is 24.3 Å². The van der Waals surface area contributed by atoms with Crippen molar-refractivity contribution in [2.45, 2.75) is 63.6 Å². The number of para-hydroxylation sites is 1. The lowest BCUT2D eigenvalue weighted by Crippen LogP contribution is -2.39. The molecule has 1 aliphatic rings. The molecule has 0 radical (unpaired) electrons. The molecule has 6 nitrogen and oxygen atoms in total. The number of piperidine rings is 1. The summed E-state index contributed by atoms with van der Waals surface area (Å²) in [5.41, 5.74) is 3.29. The van der Waals surface area contributed by atoms with Gasteiger partial charge in [-0.2, -0.15) is 0 Å². The molecule has 2 heterocycles. The maximum Gasteiger partial charge on any atom is 0.238 e. The van der Waals surface area contributed by atoms with E-state index in [1.165, 1.54) is 33.5 Å². The molecule has 0 aliphatic carbocycles. The average Bonchev–Trinajstić information content (AvgIpc) is 3.20. The number of benzene rings is 3. The molecule has 37 heavy (non-hydrogen) atoms. The smallest absolute Gasteiger partial charge is 0.238 e. The van der Waals surface area contributed by atoms with Gasteiger partial charge in [0.2, 0.25) is 10.0 Å². The highest BCUT2D eigenvalue weighted by Gasteiger charge is 2.41. The third kappa shape index (κ3) is 4.57. The summed E-state index contributed by atoms with van der Waals surface area (Å²) in [7, 11) is -6.05. The molecule has 1 saturated heterocycles. The Morgan fingerprint density at radius 1 is 0.892 bits per heavy atom. The van der Waals surface area contributed by atoms with Gasteiger partial charge < -0.3 is 4.57 Å². The number of primary sulfonamides is 1. The summed E-state index contributed by atoms with van der Waals surface area (Å²) < 4.78 is 34.3. The number of nitrogens with two attached hydrogens (primary N) is 1. The molecule has 1 aliphatic heterocycles. The van der Waals surface area contributed by atoms with E-state index < -0.39 is 17.2 Å². The molecular formula is C29H37N4O2PS. The Bertz CT molecular complexity index is 1610. The van der Waals surface area contributed by atoms with E-state index in [2.05, 4.69) is 79.4 Å². The number of rotatable bonds is 5. The minimum Gasteiger partial charge on any atom is -0.341 e. The van der Waals surface area contributed by atoms with Crippen LogP contribution >= 0.6 is 7.21 Å². The summed E-state index contributed by atoms with van der Waals surface area (Å²) in [5, 5.41) is 9.02. The maximum absolute atomic E-state index is 11.9. The van der Waals surface area contributed by atoms with E-state index in [-0.39, 0.29) is 10.1 Å². The van der Waals surface area contributed by atoms with Gasteiger partial charge in [0.25, 0.3) is 0 Å². The minimum atomic E-state index is -3.76. The highest BCUT2D eigenvalue weighted by atomic mass is 32.2. The van der Waals surface area contributed by atoms with Crippen LogP contribution in [-0.2, 0) is 16.6 Å². The molecule has 5 rings (SSSR count). The molecule has 4 aromatic rings. The summed E-state index contributed by atoms with van der Waals surface area (Å²) in [6, 6.07) is 22.3. The van der Waals surface area contributed by atoms with Crippen LogP contribution in [-0.4, -0.2) is 35.9 Å². The minimum absolute atomic E-state index is 0.109. The molecule has 1 atom stereocenters. The van der Waals surface area contributed by atoms with E-state index in [4.69, 9.17) is 9.88 Å². The average molecular weight is 537 g/mol. The van der Waals surface area contributed by atoms with Gasteiger partial charge >= 0.3 is 0 Å². The van der Waals surface area contributed by atoms with E-state index in [9.17, 15) is 8.42 Å². The normalized spacial score (nSPS) is 17.2. The van der Waals surface area contributed by atoms with Gasteiger partial charge in [0.1, 0.15) is 0 Å². The van der Waals surface area contributed by atoms with Crippen molar-refractivity contribution in [3.05, 3.63) is 66.7 Å². The second-order valence-electron chi connectivity index (χ2n) is 10.9. The van der Waals surface area contributed by atoms with Gasteiger partial charge in [-0.25, -0.2) is 18.3 Å². The Labute approximate surface area is 220 Å². The second kappa shape index (κ2) is 9.70. The third-order valence-electron chi connectivity index (χ3n) is 7.53. The number of aromatic nitrogens is 1. The molecule has 0 saturated carbocycles. The van der Waals surface area contributed by atoms with Crippen molar-refractivity contribution in [2.24, 2.45) is 9.88 Å². The highest BCUT2D eigenvalue weighted by Crippen LogP contribution is 2.64. The Morgan fingerprint density at radius 2 is 1.54 bits per heavy atom. The summed E-state index contributed by atoms with van der Waals surface area (Å²) in [4.78, 5) is 0.109. The standard InChI is InChI=1S/C29H37N4O2PS/c1-5-33-27-12-8-7-11-25(27)26-21-23(15-18-28(26)33)36(29(2,3)4,32-19-9-6-10-20-32)31-22-13-16-24(17-14-22)37(30,34)35/h7-8,11-18,21H,5-6,9-10,19-20H2,1-4H3,(H2,30,34,35)/t36-/m0/s1.